The van der Waals surface area contributed by atoms with Crippen LogP contribution in [0, 0.1) is 0 Å². The van der Waals surface area contributed by atoms with Crippen LogP contribution in [0.4, 0.5) is 0 Å². The number of aliphatic carboxylic acids is 2. The van der Waals surface area contributed by atoms with Gasteiger partial charge in [0.15, 0.2) is 0 Å². The molecular weight excluding hydrogens is 424 g/mol. The average Bonchev–Trinajstić information content (AvgIpc) is 3.12. The zero-order valence-electron chi connectivity index (χ0n) is 17.0. The van der Waals surface area contributed by atoms with Crippen molar-refractivity contribution in [1.29, 1.82) is 0 Å². The Hall–Kier alpha value is -3.05. The zero-order chi connectivity index (χ0) is 23.0. The second kappa shape index (κ2) is 11.4. The molecule has 2 amide bonds. The van der Waals surface area contributed by atoms with Gasteiger partial charge in [-0.05, 0) is 36.5 Å². The molecular formula is C20H26N4O6S. The van der Waals surface area contributed by atoms with Gasteiger partial charge >= 0.3 is 11.9 Å². The molecule has 0 bridgehead atoms. The first-order chi connectivity index (χ1) is 14.7. The first-order valence-corrected chi connectivity index (χ1v) is 11.0. The van der Waals surface area contributed by atoms with E-state index in [1.807, 2.05) is 30.5 Å². The van der Waals surface area contributed by atoms with Gasteiger partial charge in [-0.1, -0.05) is 18.2 Å². The molecule has 31 heavy (non-hydrogen) atoms. The number of benzene rings is 1. The van der Waals surface area contributed by atoms with E-state index in [0.29, 0.717) is 5.75 Å². The number of aromatic amines is 1. The van der Waals surface area contributed by atoms with Crippen LogP contribution < -0.4 is 16.4 Å². The molecule has 168 valence electrons. The summed E-state index contributed by atoms with van der Waals surface area (Å²) >= 11 is 1.45. The number of H-pyrrole nitrogens is 1. The van der Waals surface area contributed by atoms with E-state index < -0.39 is 48.3 Å². The summed E-state index contributed by atoms with van der Waals surface area (Å²) in [5.41, 5.74) is 7.83. The fraction of sp³-hybridized carbons (Fsp3) is 0.400. The van der Waals surface area contributed by atoms with Crippen LogP contribution in [0.15, 0.2) is 30.5 Å². The number of fused-ring (bicyclic) bond motifs is 1. The summed E-state index contributed by atoms with van der Waals surface area (Å²) in [4.78, 5) is 50.4. The number of nitrogens with one attached hydrogen (secondary N) is 3. The highest BCUT2D eigenvalue weighted by molar-refractivity contribution is 7.98. The summed E-state index contributed by atoms with van der Waals surface area (Å²) < 4.78 is 0. The van der Waals surface area contributed by atoms with Crippen molar-refractivity contribution in [2.75, 3.05) is 12.0 Å². The lowest BCUT2D eigenvalue weighted by molar-refractivity contribution is -0.147. The van der Waals surface area contributed by atoms with E-state index in [1.54, 1.807) is 6.20 Å². The van der Waals surface area contributed by atoms with Gasteiger partial charge in [-0.15, -0.1) is 0 Å². The Bertz CT molecular complexity index is 947. The van der Waals surface area contributed by atoms with E-state index in [4.69, 9.17) is 15.9 Å². The van der Waals surface area contributed by atoms with Gasteiger partial charge in [-0.3, -0.25) is 14.4 Å². The SMILES string of the molecule is CSCC[C@H](NC(=O)[C@@H](N)Cc1c[nH]c2ccccc12)C(=O)N[C@@H](CC(=O)O)C(=O)O. The number of nitrogens with two attached hydrogens (primary N) is 1. The molecule has 0 saturated carbocycles. The van der Waals surface area contributed by atoms with Crippen LogP contribution in [0.3, 0.4) is 0 Å². The van der Waals surface area contributed by atoms with Crippen LogP contribution in [0.5, 0.6) is 0 Å². The third kappa shape index (κ3) is 7.00. The largest absolute Gasteiger partial charge is 0.481 e. The van der Waals surface area contributed by atoms with Gasteiger partial charge in [0.25, 0.3) is 0 Å². The number of carbonyl (C=O) groups is 4. The van der Waals surface area contributed by atoms with Crippen LogP contribution in [-0.4, -0.2) is 69.1 Å². The van der Waals surface area contributed by atoms with Crippen LogP contribution >= 0.6 is 11.8 Å². The molecule has 10 nitrogen and oxygen atoms in total. The van der Waals surface area contributed by atoms with Crippen molar-refractivity contribution in [2.45, 2.75) is 37.4 Å². The fourth-order valence-electron chi connectivity index (χ4n) is 3.06. The smallest absolute Gasteiger partial charge is 0.326 e. The van der Waals surface area contributed by atoms with E-state index in [9.17, 15) is 19.2 Å². The number of carboxylic acid groups (broad SMARTS) is 2. The highest BCUT2D eigenvalue weighted by Gasteiger charge is 2.29. The van der Waals surface area contributed by atoms with Crippen molar-refractivity contribution >= 4 is 46.4 Å². The van der Waals surface area contributed by atoms with Crippen LogP contribution in [0.1, 0.15) is 18.4 Å². The van der Waals surface area contributed by atoms with E-state index in [0.717, 1.165) is 16.5 Å². The lowest BCUT2D eigenvalue weighted by Crippen LogP contribution is -2.55. The number of hydrogen-bond acceptors (Lipinski definition) is 6. The molecule has 0 aliphatic carbocycles. The number of carboxylic acids is 2. The Labute approximate surface area is 182 Å². The molecule has 0 fully saturated rings. The van der Waals surface area contributed by atoms with Crippen LogP contribution in [0.25, 0.3) is 10.9 Å². The summed E-state index contributed by atoms with van der Waals surface area (Å²) in [6.45, 7) is 0. The van der Waals surface area contributed by atoms with Crippen molar-refractivity contribution in [1.82, 2.24) is 15.6 Å². The number of carbonyl (C=O) groups excluding carboxylic acids is 2. The summed E-state index contributed by atoms with van der Waals surface area (Å²) in [5.74, 6) is -3.64. The lowest BCUT2D eigenvalue weighted by atomic mass is 10.0. The van der Waals surface area contributed by atoms with E-state index in [2.05, 4.69) is 15.6 Å². The second-order valence-electron chi connectivity index (χ2n) is 7.01. The van der Waals surface area contributed by atoms with Crippen molar-refractivity contribution in [3.05, 3.63) is 36.0 Å². The van der Waals surface area contributed by atoms with Crippen molar-refractivity contribution in [3.8, 4) is 0 Å². The van der Waals surface area contributed by atoms with Gasteiger partial charge in [0.2, 0.25) is 11.8 Å². The molecule has 0 radical (unpaired) electrons. The Kier molecular flexibility index (Phi) is 8.88. The highest BCUT2D eigenvalue weighted by atomic mass is 32.2. The topological polar surface area (TPSA) is 175 Å². The summed E-state index contributed by atoms with van der Waals surface area (Å²) in [6, 6.07) is 4.02. The predicted molar refractivity (Wildman–Crippen MR) is 117 cm³/mol. The highest BCUT2D eigenvalue weighted by Crippen LogP contribution is 2.18. The van der Waals surface area contributed by atoms with Crippen molar-refractivity contribution in [3.63, 3.8) is 0 Å². The van der Waals surface area contributed by atoms with Gasteiger partial charge in [0.05, 0.1) is 12.5 Å². The van der Waals surface area contributed by atoms with Crippen molar-refractivity contribution < 1.29 is 29.4 Å². The molecule has 0 spiro atoms. The predicted octanol–water partition coefficient (Wildman–Crippen LogP) is 0.320. The minimum absolute atomic E-state index is 0.234. The standard InChI is InChI=1S/C20H26N4O6S/c1-31-7-6-15(19(28)24-16(20(29)30)9-17(25)26)23-18(27)13(21)8-11-10-22-14-5-3-2-4-12(11)14/h2-5,10,13,15-16,22H,6-9,21H2,1H3,(H,23,27)(H,24,28)(H,25,26)(H,29,30)/t13-,15-,16-/m0/s1. The molecule has 7 N–H and O–H groups in total. The van der Waals surface area contributed by atoms with Crippen LogP contribution in [0.2, 0.25) is 0 Å². The molecule has 0 aliphatic heterocycles. The monoisotopic (exact) mass is 450 g/mol. The van der Waals surface area contributed by atoms with E-state index >= 15 is 0 Å². The number of amides is 2. The zero-order valence-corrected chi connectivity index (χ0v) is 17.8. The maximum Gasteiger partial charge on any atom is 0.326 e. The van der Waals surface area contributed by atoms with Gasteiger partial charge < -0.3 is 31.6 Å². The molecule has 0 saturated heterocycles. The van der Waals surface area contributed by atoms with Gasteiger partial charge in [0.1, 0.15) is 12.1 Å². The van der Waals surface area contributed by atoms with E-state index in [-0.39, 0.29) is 12.8 Å². The summed E-state index contributed by atoms with van der Waals surface area (Å²) in [5, 5.41) is 23.7. The lowest BCUT2D eigenvalue weighted by Gasteiger charge is -2.22. The fourth-order valence-corrected chi connectivity index (χ4v) is 3.53. The Balaban J connectivity index is 2.05. The third-order valence-electron chi connectivity index (χ3n) is 4.69. The number of para-hydroxylation sites is 1. The minimum atomic E-state index is -1.60. The molecule has 0 aliphatic rings. The van der Waals surface area contributed by atoms with Crippen molar-refractivity contribution in [2.24, 2.45) is 5.73 Å². The number of thioether (sulfide) groups is 1. The summed E-state index contributed by atoms with van der Waals surface area (Å²) in [6.07, 6.45) is 3.30. The molecule has 1 heterocycles. The average molecular weight is 451 g/mol. The van der Waals surface area contributed by atoms with Crippen LogP contribution in [-0.2, 0) is 25.6 Å². The Morgan fingerprint density at radius 3 is 2.42 bits per heavy atom. The maximum absolute atomic E-state index is 12.6. The number of hydrogen-bond donors (Lipinski definition) is 6. The quantitative estimate of drug-likeness (QED) is 0.268. The molecule has 11 heteroatoms. The third-order valence-corrected chi connectivity index (χ3v) is 5.33. The first kappa shape index (κ1) is 24.2. The minimum Gasteiger partial charge on any atom is -0.481 e. The number of aromatic nitrogens is 1. The second-order valence-corrected chi connectivity index (χ2v) is 8.00. The maximum atomic E-state index is 12.6. The van der Waals surface area contributed by atoms with Gasteiger partial charge in [-0.2, -0.15) is 11.8 Å². The summed E-state index contributed by atoms with van der Waals surface area (Å²) in [7, 11) is 0. The Morgan fingerprint density at radius 2 is 1.77 bits per heavy atom. The molecule has 1 aromatic carbocycles. The Morgan fingerprint density at radius 1 is 1.10 bits per heavy atom. The number of rotatable bonds is 12. The van der Waals surface area contributed by atoms with Gasteiger partial charge in [0, 0.05) is 17.1 Å². The molecule has 2 rings (SSSR count). The first-order valence-electron chi connectivity index (χ1n) is 9.57. The molecule has 2 aromatic rings. The van der Waals surface area contributed by atoms with E-state index in [1.165, 1.54) is 11.8 Å². The molecule has 0 unspecified atom stereocenters. The molecule has 3 atom stereocenters. The molecule has 1 aromatic heterocycles. The normalized spacial score (nSPS) is 13.9. The van der Waals surface area contributed by atoms with Gasteiger partial charge in [-0.25, -0.2) is 4.79 Å².